The highest BCUT2D eigenvalue weighted by atomic mass is 15.4. The maximum Gasteiger partial charge on any atom is 0.221 e. The van der Waals surface area contributed by atoms with Crippen LogP contribution in [0.15, 0.2) is 12.4 Å². The number of hydrogen-bond acceptors (Lipinski definition) is 5. The Morgan fingerprint density at radius 3 is 3.16 bits per heavy atom. The van der Waals surface area contributed by atoms with Gasteiger partial charge in [-0.05, 0) is 19.9 Å². The quantitative estimate of drug-likeness (QED) is 0.832. The lowest BCUT2D eigenvalue weighted by atomic mass is 10.1. The normalized spacial score (nSPS) is 18.1. The number of rotatable bonds is 4. The number of aromatic nitrogens is 5. The zero-order chi connectivity index (χ0) is 13.2. The van der Waals surface area contributed by atoms with E-state index in [1.54, 1.807) is 0 Å². The molecule has 3 N–H and O–H groups in total. The fourth-order valence-corrected chi connectivity index (χ4v) is 2.42. The lowest BCUT2D eigenvalue weighted by Gasteiger charge is -2.23. The van der Waals surface area contributed by atoms with Gasteiger partial charge in [-0.15, -0.1) is 0 Å². The summed E-state index contributed by atoms with van der Waals surface area (Å²) >= 11 is 0. The summed E-state index contributed by atoms with van der Waals surface area (Å²) in [6.45, 7) is 4.44. The van der Waals surface area contributed by atoms with E-state index < -0.39 is 0 Å². The van der Waals surface area contributed by atoms with Crippen LogP contribution < -0.4 is 11.1 Å². The van der Waals surface area contributed by atoms with Crippen molar-refractivity contribution in [3.05, 3.63) is 23.8 Å². The van der Waals surface area contributed by atoms with Crippen LogP contribution in [0.5, 0.6) is 0 Å². The molecule has 3 rings (SSSR count). The van der Waals surface area contributed by atoms with Gasteiger partial charge in [0, 0.05) is 31.3 Å². The summed E-state index contributed by atoms with van der Waals surface area (Å²) in [6, 6.07) is 0.218. The zero-order valence-electron chi connectivity index (χ0n) is 11.1. The Labute approximate surface area is 111 Å². The largest absolute Gasteiger partial charge is 0.354 e. The molecule has 1 unspecified atom stereocenters. The Morgan fingerprint density at radius 1 is 1.53 bits per heavy atom. The number of hydrogen-bond donors (Lipinski definition) is 2. The van der Waals surface area contributed by atoms with Crippen LogP contribution in [0.25, 0.3) is 0 Å². The average molecular weight is 261 g/mol. The molecule has 7 nitrogen and oxygen atoms in total. The van der Waals surface area contributed by atoms with Crippen molar-refractivity contribution in [3.63, 3.8) is 0 Å². The van der Waals surface area contributed by atoms with Crippen LogP contribution in [0.3, 0.4) is 0 Å². The molecule has 0 spiro atoms. The van der Waals surface area contributed by atoms with Gasteiger partial charge in [0.1, 0.15) is 0 Å². The number of nitrogens with zero attached hydrogens (tertiary/aromatic N) is 5. The molecule has 19 heavy (non-hydrogen) atoms. The Hall–Kier alpha value is -1.89. The standard InChI is InChI=1S/C12H19N7/c1-2-18-8-9(7-15-18)10-4-6-14-12-16-11(3-5-13)17-19(10)12/h7-8,10H,2-6,13H2,1H3,(H,14,16,17). The Kier molecular flexibility index (Phi) is 3.20. The molecule has 0 radical (unpaired) electrons. The summed E-state index contributed by atoms with van der Waals surface area (Å²) in [4.78, 5) is 4.48. The Morgan fingerprint density at radius 2 is 2.42 bits per heavy atom. The molecule has 0 saturated carbocycles. The minimum atomic E-state index is 0.218. The van der Waals surface area contributed by atoms with Gasteiger partial charge in [0.2, 0.25) is 5.95 Å². The number of anilines is 1. The minimum absolute atomic E-state index is 0.218. The first-order valence-corrected chi connectivity index (χ1v) is 6.73. The first-order valence-electron chi connectivity index (χ1n) is 6.73. The molecule has 0 amide bonds. The molecule has 102 valence electrons. The second kappa shape index (κ2) is 5.00. The fraction of sp³-hybridized carbons (Fsp3) is 0.583. The summed E-state index contributed by atoms with van der Waals surface area (Å²) in [5, 5.41) is 12.2. The SMILES string of the molecule is CCn1cc(C2CCNc3nc(CCN)nn32)cn1. The van der Waals surface area contributed by atoms with Crippen LogP contribution in [0, 0.1) is 0 Å². The van der Waals surface area contributed by atoms with E-state index in [2.05, 4.69) is 33.6 Å². The van der Waals surface area contributed by atoms with E-state index in [1.165, 1.54) is 5.56 Å². The van der Waals surface area contributed by atoms with Crippen molar-refractivity contribution < 1.29 is 0 Å². The van der Waals surface area contributed by atoms with Crippen LogP contribution in [0.2, 0.25) is 0 Å². The Bertz CT molecular complexity index is 556. The molecule has 3 heterocycles. The Balaban J connectivity index is 1.92. The van der Waals surface area contributed by atoms with Crippen LogP contribution in [-0.4, -0.2) is 37.6 Å². The number of nitrogens with one attached hydrogen (secondary N) is 1. The van der Waals surface area contributed by atoms with Crippen molar-refractivity contribution >= 4 is 5.95 Å². The van der Waals surface area contributed by atoms with Gasteiger partial charge in [-0.3, -0.25) is 4.68 Å². The highest BCUT2D eigenvalue weighted by molar-refractivity contribution is 5.31. The molecule has 0 fully saturated rings. The van der Waals surface area contributed by atoms with Crippen LogP contribution in [0.4, 0.5) is 5.95 Å². The summed E-state index contributed by atoms with van der Waals surface area (Å²) in [7, 11) is 0. The van der Waals surface area contributed by atoms with E-state index in [-0.39, 0.29) is 6.04 Å². The maximum atomic E-state index is 5.56. The highest BCUT2D eigenvalue weighted by Crippen LogP contribution is 2.27. The highest BCUT2D eigenvalue weighted by Gasteiger charge is 2.25. The van der Waals surface area contributed by atoms with Crippen LogP contribution in [-0.2, 0) is 13.0 Å². The monoisotopic (exact) mass is 261 g/mol. The lowest BCUT2D eigenvalue weighted by molar-refractivity contribution is 0.476. The van der Waals surface area contributed by atoms with E-state index in [4.69, 9.17) is 5.73 Å². The van der Waals surface area contributed by atoms with Gasteiger partial charge < -0.3 is 11.1 Å². The van der Waals surface area contributed by atoms with E-state index in [0.717, 1.165) is 31.3 Å². The van der Waals surface area contributed by atoms with Crippen molar-refractivity contribution in [2.24, 2.45) is 5.73 Å². The van der Waals surface area contributed by atoms with Crippen molar-refractivity contribution in [1.29, 1.82) is 0 Å². The first kappa shape index (κ1) is 12.2. The van der Waals surface area contributed by atoms with E-state index in [9.17, 15) is 0 Å². The smallest absolute Gasteiger partial charge is 0.221 e. The second-order valence-electron chi connectivity index (χ2n) is 4.70. The topological polar surface area (TPSA) is 86.6 Å². The summed E-state index contributed by atoms with van der Waals surface area (Å²) in [5.74, 6) is 1.64. The molecule has 7 heteroatoms. The fourth-order valence-electron chi connectivity index (χ4n) is 2.42. The van der Waals surface area contributed by atoms with E-state index in [1.807, 2.05) is 15.6 Å². The molecular weight excluding hydrogens is 242 g/mol. The molecule has 1 atom stereocenters. The first-order chi connectivity index (χ1) is 9.31. The van der Waals surface area contributed by atoms with Gasteiger partial charge in [0.25, 0.3) is 0 Å². The van der Waals surface area contributed by atoms with Gasteiger partial charge >= 0.3 is 0 Å². The summed E-state index contributed by atoms with van der Waals surface area (Å²) in [5.41, 5.74) is 6.75. The van der Waals surface area contributed by atoms with Gasteiger partial charge in [0.15, 0.2) is 5.82 Å². The minimum Gasteiger partial charge on any atom is -0.354 e. The van der Waals surface area contributed by atoms with Crippen LogP contribution >= 0.6 is 0 Å². The van der Waals surface area contributed by atoms with Crippen molar-refractivity contribution in [3.8, 4) is 0 Å². The third-order valence-corrected chi connectivity index (χ3v) is 3.40. The molecule has 1 aliphatic rings. The molecule has 2 aromatic heterocycles. The van der Waals surface area contributed by atoms with Crippen molar-refractivity contribution in [1.82, 2.24) is 24.5 Å². The van der Waals surface area contributed by atoms with Gasteiger partial charge in [-0.25, -0.2) is 4.68 Å². The number of fused-ring (bicyclic) bond motifs is 1. The van der Waals surface area contributed by atoms with Crippen LogP contribution in [0.1, 0.15) is 30.8 Å². The molecule has 0 aliphatic carbocycles. The summed E-state index contributed by atoms with van der Waals surface area (Å²) < 4.78 is 3.90. The zero-order valence-corrected chi connectivity index (χ0v) is 11.1. The molecule has 1 aliphatic heterocycles. The lowest BCUT2D eigenvalue weighted by Crippen LogP contribution is -2.24. The van der Waals surface area contributed by atoms with Crippen molar-refractivity contribution in [2.45, 2.75) is 32.4 Å². The molecule has 2 aromatic rings. The predicted molar refractivity (Wildman–Crippen MR) is 71.9 cm³/mol. The van der Waals surface area contributed by atoms with E-state index >= 15 is 0 Å². The maximum absolute atomic E-state index is 5.56. The van der Waals surface area contributed by atoms with Gasteiger partial charge in [0.05, 0.1) is 12.2 Å². The van der Waals surface area contributed by atoms with Gasteiger partial charge in [-0.1, -0.05) is 0 Å². The molecule has 0 aromatic carbocycles. The third-order valence-electron chi connectivity index (χ3n) is 3.40. The van der Waals surface area contributed by atoms with Gasteiger partial charge in [-0.2, -0.15) is 15.2 Å². The third kappa shape index (κ3) is 2.21. The number of nitrogens with two attached hydrogens (primary N) is 1. The predicted octanol–water partition coefficient (Wildman–Crippen LogP) is 0.401. The molecular formula is C12H19N7. The second-order valence-corrected chi connectivity index (χ2v) is 4.70. The number of aryl methyl sites for hydroxylation is 1. The summed E-state index contributed by atoms with van der Waals surface area (Å²) in [6.07, 6.45) is 5.72. The molecule has 0 bridgehead atoms. The molecule has 0 saturated heterocycles. The van der Waals surface area contributed by atoms with E-state index in [0.29, 0.717) is 13.0 Å². The van der Waals surface area contributed by atoms with Crippen molar-refractivity contribution in [2.75, 3.05) is 18.4 Å². The average Bonchev–Trinajstić information content (AvgIpc) is 3.04.